The molecule has 4 rings (SSSR count). The molecule has 178 valence electrons. The zero-order chi connectivity index (χ0) is 24.8. The van der Waals surface area contributed by atoms with Crippen molar-refractivity contribution in [3.8, 4) is 22.9 Å². The van der Waals surface area contributed by atoms with Crippen molar-refractivity contribution < 1.29 is 24.2 Å². The Kier molecular flexibility index (Phi) is 7.01. The molecular formula is C25H23N5O5. The maximum absolute atomic E-state index is 13.0. The third-order valence-corrected chi connectivity index (χ3v) is 5.33. The van der Waals surface area contributed by atoms with Crippen LogP contribution in [0.15, 0.2) is 66.7 Å². The summed E-state index contributed by atoms with van der Waals surface area (Å²) in [6.07, 6.45) is 0. The smallest absolute Gasteiger partial charge is 0.336 e. The van der Waals surface area contributed by atoms with Crippen molar-refractivity contribution in [1.82, 2.24) is 25.5 Å². The van der Waals surface area contributed by atoms with Gasteiger partial charge in [-0.05, 0) is 52.7 Å². The van der Waals surface area contributed by atoms with Crippen molar-refractivity contribution in [2.45, 2.75) is 13.1 Å². The molecule has 0 spiro atoms. The predicted octanol–water partition coefficient (Wildman–Crippen LogP) is 3.03. The zero-order valence-electron chi connectivity index (χ0n) is 19.1. The molecule has 1 amide bonds. The highest BCUT2D eigenvalue weighted by atomic mass is 16.5. The lowest BCUT2D eigenvalue weighted by Gasteiger charge is -2.11. The van der Waals surface area contributed by atoms with Gasteiger partial charge in [-0.15, -0.1) is 10.2 Å². The fraction of sp³-hybridized carbons (Fsp3) is 0.160. The second kappa shape index (κ2) is 10.5. The molecule has 1 aromatic heterocycles. The third kappa shape index (κ3) is 5.44. The van der Waals surface area contributed by atoms with Gasteiger partial charge in [-0.2, -0.15) is 4.80 Å². The molecule has 4 aromatic rings. The molecule has 0 aliphatic rings. The highest BCUT2D eigenvalue weighted by molar-refractivity contribution is 5.98. The summed E-state index contributed by atoms with van der Waals surface area (Å²) in [6.45, 7) is 0.467. The summed E-state index contributed by atoms with van der Waals surface area (Å²) in [5.41, 5.74) is 2.45. The lowest BCUT2D eigenvalue weighted by molar-refractivity contribution is 0.0694. The first-order chi connectivity index (χ1) is 17.0. The van der Waals surface area contributed by atoms with Crippen LogP contribution in [0.3, 0.4) is 0 Å². The van der Waals surface area contributed by atoms with Gasteiger partial charge in [0, 0.05) is 12.1 Å². The van der Waals surface area contributed by atoms with Gasteiger partial charge in [-0.3, -0.25) is 4.79 Å². The van der Waals surface area contributed by atoms with Gasteiger partial charge in [0.15, 0.2) is 0 Å². The summed E-state index contributed by atoms with van der Waals surface area (Å²) in [6, 6.07) is 19.1. The summed E-state index contributed by atoms with van der Waals surface area (Å²) in [7, 11) is 3.08. The topological polar surface area (TPSA) is 128 Å². The first-order valence-electron chi connectivity index (χ1n) is 10.7. The van der Waals surface area contributed by atoms with E-state index in [0.29, 0.717) is 29.2 Å². The van der Waals surface area contributed by atoms with Crippen molar-refractivity contribution in [1.29, 1.82) is 0 Å². The van der Waals surface area contributed by atoms with E-state index in [9.17, 15) is 14.7 Å². The summed E-state index contributed by atoms with van der Waals surface area (Å²) in [5.74, 6) is -0.000878. The number of amides is 1. The first-order valence-corrected chi connectivity index (χ1v) is 10.7. The molecule has 10 nitrogen and oxygen atoms in total. The molecule has 2 N–H and O–H groups in total. The number of rotatable bonds is 9. The predicted molar refractivity (Wildman–Crippen MR) is 126 cm³/mol. The Morgan fingerprint density at radius 1 is 0.971 bits per heavy atom. The number of tetrazole rings is 1. The summed E-state index contributed by atoms with van der Waals surface area (Å²) in [4.78, 5) is 25.8. The molecule has 0 unspecified atom stereocenters. The van der Waals surface area contributed by atoms with Gasteiger partial charge in [0.05, 0.1) is 31.9 Å². The Labute approximate surface area is 201 Å². The minimum Gasteiger partial charge on any atom is -0.497 e. The largest absolute Gasteiger partial charge is 0.497 e. The number of ether oxygens (including phenoxy) is 2. The van der Waals surface area contributed by atoms with Crippen molar-refractivity contribution in [2.24, 2.45) is 0 Å². The molecule has 3 aromatic carbocycles. The number of hydrogen-bond donors (Lipinski definition) is 2. The number of aromatic nitrogens is 4. The van der Waals surface area contributed by atoms with Crippen LogP contribution in [0.1, 0.15) is 31.8 Å². The molecule has 35 heavy (non-hydrogen) atoms. The number of carboxylic acid groups (broad SMARTS) is 1. The van der Waals surface area contributed by atoms with Gasteiger partial charge >= 0.3 is 5.97 Å². The maximum Gasteiger partial charge on any atom is 0.336 e. The molecule has 0 saturated carbocycles. The highest BCUT2D eigenvalue weighted by Crippen LogP contribution is 2.25. The minimum atomic E-state index is -1.06. The highest BCUT2D eigenvalue weighted by Gasteiger charge is 2.17. The summed E-state index contributed by atoms with van der Waals surface area (Å²) < 4.78 is 10.5. The number of methoxy groups -OCH3 is 2. The number of carbonyl (C=O) groups is 2. The summed E-state index contributed by atoms with van der Waals surface area (Å²) >= 11 is 0. The lowest BCUT2D eigenvalue weighted by atomic mass is 10.1. The number of nitrogens with one attached hydrogen (secondary N) is 1. The summed E-state index contributed by atoms with van der Waals surface area (Å²) in [5, 5.41) is 24.8. The molecule has 0 saturated heterocycles. The van der Waals surface area contributed by atoms with Crippen LogP contribution in [0.25, 0.3) is 11.4 Å². The van der Waals surface area contributed by atoms with E-state index in [-0.39, 0.29) is 17.7 Å². The lowest BCUT2D eigenvalue weighted by Crippen LogP contribution is -2.24. The molecule has 0 bridgehead atoms. The van der Waals surface area contributed by atoms with E-state index >= 15 is 0 Å². The molecule has 10 heteroatoms. The van der Waals surface area contributed by atoms with Crippen molar-refractivity contribution in [3.05, 3.63) is 89.0 Å². The Hall–Kier alpha value is -4.73. The van der Waals surface area contributed by atoms with Crippen LogP contribution in [0, 0.1) is 0 Å². The van der Waals surface area contributed by atoms with Crippen LogP contribution in [0.4, 0.5) is 0 Å². The van der Waals surface area contributed by atoms with E-state index in [1.165, 1.54) is 18.0 Å². The SMILES string of the molecule is COc1ccc(Cn2nnc(-c3ccc(OC)c(C(=O)NCc4ccccc4C(=O)O)c3)n2)cc1. The number of carboxylic acids is 1. The van der Waals surface area contributed by atoms with Gasteiger partial charge < -0.3 is 19.9 Å². The van der Waals surface area contributed by atoms with E-state index in [2.05, 4.69) is 20.7 Å². The van der Waals surface area contributed by atoms with Crippen LogP contribution < -0.4 is 14.8 Å². The molecule has 0 atom stereocenters. The average molecular weight is 473 g/mol. The van der Waals surface area contributed by atoms with E-state index in [0.717, 1.165) is 11.3 Å². The quantitative estimate of drug-likeness (QED) is 0.380. The van der Waals surface area contributed by atoms with Gasteiger partial charge in [-0.1, -0.05) is 30.3 Å². The fourth-order valence-corrected chi connectivity index (χ4v) is 3.50. The Balaban J connectivity index is 1.52. The normalized spacial score (nSPS) is 10.6. The van der Waals surface area contributed by atoms with E-state index in [4.69, 9.17) is 9.47 Å². The van der Waals surface area contributed by atoms with Crippen LogP contribution in [-0.4, -0.2) is 51.4 Å². The van der Waals surface area contributed by atoms with Crippen molar-refractivity contribution in [2.75, 3.05) is 14.2 Å². The van der Waals surface area contributed by atoms with E-state index in [1.54, 1.807) is 43.5 Å². The maximum atomic E-state index is 13.0. The average Bonchev–Trinajstić information content (AvgIpc) is 3.35. The van der Waals surface area contributed by atoms with Crippen molar-refractivity contribution >= 4 is 11.9 Å². The standard InChI is InChI=1S/C25H23N5O5/c1-34-19-10-7-16(8-11-19)15-30-28-23(27-29-30)17-9-12-22(35-2)21(13-17)24(31)26-14-18-5-3-4-6-20(18)25(32)33/h3-13H,14-15H2,1-2H3,(H,26,31)(H,32,33). The zero-order valence-corrected chi connectivity index (χ0v) is 19.1. The second-order valence-electron chi connectivity index (χ2n) is 7.55. The van der Waals surface area contributed by atoms with Gasteiger partial charge in [0.2, 0.25) is 5.82 Å². The Morgan fingerprint density at radius 3 is 2.46 bits per heavy atom. The van der Waals surface area contributed by atoms with Gasteiger partial charge in [-0.25, -0.2) is 4.79 Å². The third-order valence-electron chi connectivity index (χ3n) is 5.33. The fourth-order valence-electron chi connectivity index (χ4n) is 3.50. The van der Waals surface area contributed by atoms with Crippen LogP contribution in [0.5, 0.6) is 11.5 Å². The van der Waals surface area contributed by atoms with E-state index < -0.39 is 11.9 Å². The Morgan fingerprint density at radius 2 is 1.74 bits per heavy atom. The number of benzene rings is 3. The molecule has 0 aliphatic heterocycles. The van der Waals surface area contributed by atoms with Crippen LogP contribution in [-0.2, 0) is 13.1 Å². The van der Waals surface area contributed by atoms with Crippen LogP contribution in [0.2, 0.25) is 0 Å². The molecule has 0 radical (unpaired) electrons. The van der Waals surface area contributed by atoms with E-state index in [1.807, 2.05) is 24.3 Å². The molecule has 0 fully saturated rings. The van der Waals surface area contributed by atoms with Crippen LogP contribution >= 0.6 is 0 Å². The second-order valence-corrected chi connectivity index (χ2v) is 7.55. The number of carbonyl (C=O) groups excluding carboxylic acids is 1. The van der Waals surface area contributed by atoms with Crippen molar-refractivity contribution in [3.63, 3.8) is 0 Å². The van der Waals surface area contributed by atoms with Gasteiger partial charge in [0.25, 0.3) is 5.91 Å². The monoisotopic (exact) mass is 473 g/mol. The number of aromatic carboxylic acids is 1. The minimum absolute atomic E-state index is 0.0466. The molecular weight excluding hydrogens is 450 g/mol. The number of nitrogens with zero attached hydrogens (tertiary/aromatic N) is 4. The van der Waals surface area contributed by atoms with Gasteiger partial charge in [0.1, 0.15) is 11.5 Å². The molecule has 0 aliphatic carbocycles. The molecule has 1 heterocycles. The number of hydrogen-bond acceptors (Lipinski definition) is 7. The first kappa shape index (κ1) is 23.4. The Bertz CT molecular complexity index is 1350.